The van der Waals surface area contributed by atoms with Crippen LogP contribution >= 0.6 is 15.9 Å². The third-order valence-electron chi connectivity index (χ3n) is 1.72. The Morgan fingerprint density at radius 2 is 2.20 bits per heavy atom. The Kier molecular flexibility index (Phi) is 3.54. The molecule has 0 N–H and O–H groups in total. The Balaban J connectivity index is 2.95. The van der Waals surface area contributed by atoms with Gasteiger partial charge in [0.15, 0.2) is 5.78 Å². The first-order valence-corrected chi connectivity index (χ1v) is 4.95. The van der Waals surface area contributed by atoms with E-state index in [1.165, 1.54) is 10.9 Å². The molecule has 15 heavy (non-hydrogen) atoms. The van der Waals surface area contributed by atoms with Crippen molar-refractivity contribution in [2.45, 2.75) is 26.1 Å². The van der Waals surface area contributed by atoms with E-state index in [0.717, 1.165) is 0 Å². The van der Waals surface area contributed by atoms with Gasteiger partial charge in [-0.05, 0) is 22.9 Å². The lowest BCUT2D eigenvalue weighted by molar-refractivity contribution is -0.125. The topological polar surface area (TPSA) is 34.9 Å². The van der Waals surface area contributed by atoms with Crippen LogP contribution in [0, 0.1) is 0 Å². The standard InChI is InChI=1S/C8H8BrF3N2O/c1-2-14-7(5(9)4-13-14)6(15)3-8(10,11)12/h4H,2-3H2,1H3. The number of carbonyl (C=O) groups excluding carboxylic acids is 1. The molecule has 0 aromatic carbocycles. The number of ketones is 1. The van der Waals surface area contributed by atoms with E-state index in [2.05, 4.69) is 21.0 Å². The van der Waals surface area contributed by atoms with Crippen molar-refractivity contribution in [3.63, 3.8) is 0 Å². The molecule has 1 heterocycles. The van der Waals surface area contributed by atoms with Crippen LogP contribution in [0.15, 0.2) is 10.7 Å². The highest BCUT2D eigenvalue weighted by Crippen LogP contribution is 2.25. The first-order valence-electron chi connectivity index (χ1n) is 4.16. The maximum Gasteiger partial charge on any atom is 0.396 e. The average Bonchev–Trinajstić information content (AvgIpc) is 2.43. The van der Waals surface area contributed by atoms with Crippen molar-refractivity contribution in [2.75, 3.05) is 0 Å². The fourth-order valence-corrected chi connectivity index (χ4v) is 1.66. The summed E-state index contributed by atoms with van der Waals surface area (Å²) in [5.41, 5.74) is -0.0326. The van der Waals surface area contributed by atoms with Gasteiger partial charge in [-0.1, -0.05) is 0 Å². The van der Waals surface area contributed by atoms with E-state index in [0.29, 0.717) is 11.0 Å². The van der Waals surface area contributed by atoms with Crippen molar-refractivity contribution in [2.24, 2.45) is 0 Å². The highest BCUT2D eigenvalue weighted by atomic mass is 79.9. The van der Waals surface area contributed by atoms with E-state index in [9.17, 15) is 18.0 Å². The number of aromatic nitrogens is 2. The fraction of sp³-hybridized carbons (Fsp3) is 0.500. The number of hydrogen-bond donors (Lipinski definition) is 0. The third kappa shape index (κ3) is 3.05. The number of halogens is 4. The van der Waals surface area contributed by atoms with Crippen molar-refractivity contribution in [1.82, 2.24) is 9.78 Å². The molecule has 0 unspecified atom stereocenters. The van der Waals surface area contributed by atoms with Gasteiger partial charge in [0.05, 0.1) is 10.7 Å². The molecule has 0 atom stereocenters. The summed E-state index contributed by atoms with van der Waals surface area (Å²) in [5.74, 6) is -0.978. The zero-order valence-corrected chi connectivity index (χ0v) is 9.39. The number of hydrogen-bond acceptors (Lipinski definition) is 2. The molecule has 0 saturated heterocycles. The molecule has 0 bridgehead atoms. The SMILES string of the molecule is CCn1ncc(Br)c1C(=O)CC(F)(F)F. The predicted molar refractivity (Wildman–Crippen MR) is 50.6 cm³/mol. The fourth-order valence-electron chi connectivity index (χ4n) is 1.15. The van der Waals surface area contributed by atoms with Crippen LogP contribution in [0.4, 0.5) is 13.2 Å². The van der Waals surface area contributed by atoms with E-state index in [1.54, 1.807) is 6.92 Å². The molecule has 1 aromatic rings. The number of carbonyl (C=O) groups is 1. The zero-order chi connectivity index (χ0) is 11.6. The summed E-state index contributed by atoms with van der Waals surface area (Å²) in [4.78, 5) is 11.3. The quantitative estimate of drug-likeness (QED) is 0.800. The molecule has 0 spiro atoms. The molecule has 0 saturated carbocycles. The van der Waals surface area contributed by atoms with Crippen LogP contribution in [0.25, 0.3) is 0 Å². The Bertz CT molecular complexity index is 372. The molecule has 3 nitrogen and oxygen atoms in total. The van der Waals surface area contributed by atoms with Crippen molar-refractivity contribution in [1.29, 1.82) is 0 Å². The Labute approximate surface area is 92.4 Å². The number of rotatable bonds is 3. The van der Waals surface area contributed by atoms with Crippen molar-refractivity contribution >= 4 is 21.7 Å². The minimum Gasteiger partial charge on any atom is -0.292 e. The van der Waals surface area contributed by atoms with Gasteiger partial charge in [-0.25, -0.2) is 0 Å². The lowest BCUT2D eigenvalue weighted by atomic mass is 10.2. The van der Waals surface area contributed by atoms with E-state index >= 15 is 0 Å². The van der Waals surface area contributed by atoms with Gasteiger partial charge in [0.1, 0.15) is 12.1 Å². The Morgan fingerprint density at radius 1 is 1.60 bits per heavy atom. The van der Waals surface area contributed by atoms with Gasteiger partial charge in [0.25, 0.3) is 0 Å². The molecule has 0 aliphatic rings. The summed E-state index contributed by atoms with van der Waals surface area (Å²) in [7, 11) is 0. The van der Waals surface area contributed by atoms with Crippen LogP contribution in [0.1, 0.15) is 23.8 Å². The average molecular weight is 285 g/mol. The number of Topliss-reactive ketones (excluding diaryl/α,β-unsaturated/α-hetero) is 1. The normalized spacial score (nSPS) is 11.8. The first kappa shape index (κ1) is 12.2. The summed E-state index contributed by atoms with van der Waals surface area (Å²) < 4.78 is 37.5. The van der Waals surface area contributed by atoms with Gasteiger partial charge in [-0.15, -0.1) is 0 Å². The highest BCUT2D eigenvalue weighted by molar-refractivity contribution is 9.10. The smallest absolute Gasteiger partial charge is 0.292 e. The largest absolute Gasteiger partial charge is 0.396 e. The summed E-state index contributed by atoms with van der Waals surface area (Å²) in [6.45, 7) is 2.05. The molecule has 7 heteroatoms. The third-order valence-corrected chi connectivity index (χ3v) is 2.30. The van der Waals surface area contributed by atoms with E-state index in [4.69, 9.17) is 0 Å². The van der Waals surface area contributed by atoms with Gasteiger partial charge in [0, 0.05) is 6.54 Å². The van der Waals surface area contributed by atoms with E-state index < -0.39 is 18.4 Å². The summed E-state index contributed by atoms with van der Waals surface area (Å²) in [5, 5.41) is 3.77. The molecular formula is C8H8BrF3N2O. The second kappa shape index (κ2) is 4.34. The van der Waals surface area contributed by atoms with Crippen molar-refractivity contribution in [3.8, 4) is 0 Å². The number of nitrogens with zero attached hydrogens (tertiary/aromatic N) is 2. The van der Waals surface area contributed by atoms with Crippen LogP contribution in [0.3, 0.4) is 0 Å². The minimum absolute atomic E-state index is 0.0326. The van der Waals surface area contributed by atoms with Gasteiger partial charge < -0.3 is 0 Å². The minimum atomic E-state index is -4.49. The van der Waals surface area contributed by atoms with Crippen molar-refractivity contribution < 1.29 is 18.0 Å². The second-order valence-electron chi connectivity index (χ2n) is 2.87. The molecular weight excluding hydrogens is 277 g/mol. The number of alkyl halides is 3. The first-order chi connectivity index (χ1) is 6.85. The molecule has 0 amide bonds. The van der Waals surface area contributed by atoms with Crippen LogP contribution in [-0.2, 0) is 6.54 Å². The summed E-state index contributed by atoms with van der Waals surface area (Å²) in [6, 6.07) is 0. The monoisotopic (exact) mass is 284 g/mol. The molecule has 0 fully saturated rings. The maximum atomic E-state index is 12.0. The van der Waals surface area contributed by atoms with Gasteiger partial charge in [-0.2, -0.15) is 18.3 Å². The van der Waals surface area contributed by atoms with Gasteiger partial charge >= 0.3 is 6.18 Å². The molecule has 1 rings (SSSR count). The van der Waals surface area contributed by atoms with Crippen LogP contribution in [-0.4, -0.2) is 21.7 Å². The Hall–Kier alpha value is -0.850. The van der Waals surface area contributed by atoms with Crippen molar-refractivity contribution in [3.05, 3.63) is 16.4 Å². The Morgan fingerprint density at radius 3 is 2.67 bits per heavy atom. The van der Waals surface area contributed by atoms with Crippen LogP contribution in [0.2, 0.25) is 0 Å². The number of aryl methyl sites for hydroxylation is 1. The van der Waals surface area contributed by atoms with E-state index in [1.807, 2.05) is 0 Å². The summed E-state index contributed by atoms with van der Waals surface area (Å²) in [6.07, 6.45) is -4.64. The van der Waals surface area contributed by atoms with Crippen LogP contribution in [0.5, 0.6) is 0 Å². The molecule has 84 valence electrons. The lowest BCUT2D eigenvalue weighted by Gasteiger charge is -2.07. The maximum absolute atomic E-state index is 12.0. The molecule has 0 radical (unpaired) electrons. The molecule has 1 aromatic heterocycles. The van der Waals surface area contributed by atoms with Gasteiger partial charge in [-0.3, -0.25) is 9.48 Å². The van der Waals surface area contributed by atoms with Crippen LogP contribution < -0.4 is 0 Å². The van der Waals surface area contributed by atoms with E-state index in [-0.39, 0.29) is 5.69 Å². The molecule has 0 aliphatic carbocycles. The summed E-state index contributed by atoms with van der Waals surface area (Å²) >= 11 is 2.99. The zero-order valence-electron chi connectivity index (χ0n) is 7.81. The predicted octanol–water partition coefficient (Wildman–Crippen LogP) is 2.80. The molecule has 0 aliphatic heterocycles. The highest BCUT2D eigenvalue weighted by Gasteiger charge is 2.33. The van der Waals surface area contributed by atoms with Gasteiger partial charge in [0.2, 0.25) is 0 Å². The lowest BCUT2D eigenvalue weighted by Crippen LogP contribution is -2.18. The second-order valence-corrected chi connectivity index (χ2v) is 3.73.